The first kappa shape index (κ1) is 15.6. The molecule has 20 heavy (non-hydrogen) atoms. The lowest BCUT2D eigenvalue weighted by atomic mass is 9.97. The maximum atomic E-state index is 13.9. The van der Waals surface area contributed by atoms with Crippen LogP contribution in [0, 0.1) is 15.2 Å². The summed E-state index contributed by atoms with van der Waals surface area (Å²) in [6.45, 7) is -2.26. The van der Waals surface area contributed by atoms with E-state index < -0.39 is 43.2 Å². The minimum atomic E-state index is -2.57. The number of hydrogen-bond acceptors (Lipinski definition) is 5. The Labute approximate surface area is 121 Å². The van der Waals surface area contributed by atoms with Crippen molar-refractivity contribution in [2.75, 3.05) is 13.3 Å². The zero-order valence-electron chi connectivity index (χ0n) is 9.92. The average molecular weight is 328 g/mol. The standard InChI is InChI=1S/C10H11F3N2O3S2/c11-3-10(17)6(13)5(2-16)18-8(10)15-1-4(12)7(19)14-9(15)20/h1,5-6,8,16-17H,2-3H2,(H,14,19,20)/t5-,6+,8-,10?/m1/s1. The van der Waals surface area contributed by atoms with Gasteiger partial charge in [0.05, 0.1) is 6.61 Å². The van der Waals surface area contributed by atoms with Gasteiger partial charge >= 0.3 is 0 Å². The van der Waals surface area contributed by atoms with E-state index in [0.29, 0.717) is 0 Å². The van der Waals surface area contributed by atoms with Crippen molar-refractivity contribution in [3.63, 3.8) is 0 Å². The monoisotopic (exact) mass is 328 g/mol. The fourth-order valence-electron chi connectivity index (χ4n) is 2.03. The zero-order chi connectivity index (χ0) is 15.1. The third-order valence-corrected chi connectivity index (χ3v) is 3.72. The fraction of sp³-hybridized carbons (Fsp3) is 0.600. The fourth-order valence-corrected chi connectivity index (χ4v) is 2.49. The van der Waals surface area contributed by atoms with Crippen LogP contribution in [-0.2, 0) is 4.74 Å². The van der Waals surface area contributed by atoms with Gasteiger partial charge in [0.15, 0.2) is 28.6 Å². The van der Waals surface area contributed by atoms with Crippen LogP contribution in [-0.4, -0.2) is 50.9 Å². The van der Waals surface area contributed by atoms with Gasteiger partial charge in [-0.2, -0.15) is 0 Å². The molecule has 0 saturated carbocycles. The Morgan fingerprint density at radius 3 is 2.70 bits per heavy atom. The van der Waals surface area contributed by atoms with Gasteiger partial charge in [-0.1, -0.05) is 12.2 Å². The molecule has 1 aliphatic heterocycles. The normalized spacial score (nSPS) is 33.5. The minimum absolute atomic E-state index is 0.168. The second kappa shape index (κ2) is 5.53. The van der Waals surface area contributed by atoms with E-state index in [-0.39, 0.29) is 9.41 Å². The molecule has 0 bridgehead atoms. The first-order chi connectivity index (χ1) is 9.35. The summed E-state index contributed by atoms with van der Waals surface area (Å²) < 4.78 is 45.9. The summed E-state index contributed by atoms with van der Waals surface area (Å²) in [5, 5.41) is 19.0. The van der Waals surface area contributed by atoms with Crippen LogP contribution in [0.5, 0.6) is 0 Å². The summed E-state index contributed by atoms with van der Waals surface area (Å²) in [5.74, 6) is -0.888. The van der Waals surface area contributed by atoms with Crippen molar-refractivity contribution < 1.29 is 28.1 Å². The quantitative estimate of drug-likeness (QED) is 0.731. The van der Waals surface area contributed by atoms with Crippen molar-refractivity contribution in [2.24, 2.45) is 0 Å². The smallest absolute Gasteiger partial charge is 0.180 e. The van der Waals surface area contributed by atoms with Gasteiger partial charge in [0.25, 0.3) is 0 Å². The molecule has 1 fully saturated rings. The molecule has 1 aliphatic rings. The van der Waals surface area contributed by atoms with Gasteiger partial charge in [0.1, 0.15) is 17.4 Å². The highest BCUT2D eigenvalue weighted by Gasteiger charge is 2.57. The van der Waals surface area contributed by atoms with Crippen molar-refractivity contribution in [3.05, 3.63) is 21.4 Å². The summed E-state index contributed by atoms with van der Waals surface area (Å²) in [7, 11) is 0. The number of halogens is 3. The molecule has 0 aliphatic carbocycles. The van der Waals surface area contributed by atoms with Crippen LogP contribution in [0.3, 0.4) is 0 Å². The number of aliphatic hydroxyl groups excluding tert-OH is 1. The number of hydrogen-bond donors (Lipinski definition) is 3. The topological polar surface area (TPSA) is 70.4 Å². The zero-order valence-corrected chi connectivity index (χ0v) is 11.6. The third kappa shape index (κ3) is 2.31. The molecular weight excluding hydrogens is 317 g/mol. The largest absolute Gasteiger partial charge is 0.394 e. The molecule has 5 nitrogen and oxygen atoms in total. The van der Waals surface area contributed by atoms with Crippen molar-refractivity contribution in [3.8, 4) is 0 Å². The Morgan fingerprint density at radius 1 is 1.50 bits per heavy atom. The van der Waals surface area contributed by atoms with Gasteiger partial charge < -0.3 is 19.9 Å². The Hall–Kier alpha value is -0.810. The first-order valence-electron chi connectivity index (χ1n) is 5.55. The second-order valence-corrected chi connectivity index (χ2v) is 5.17. The van der Waals surface area contributed by atoms with Gasteiger partial charge in [0.2, 0.25) is 0 Å². The summed E-state index contributed by atoms with van der Waals surface area (Å²) >= 11 is 9.50. The average Bonchev–Trinajstić information content (AvgIpc) is 2.67. The highest BCUT2D eigenvalue weighted by molar-refractivity contribution is 7.72. The van der Waals surface area contributed by atoms with Crippen LogP contribution >= 0.6 is 24.4 Å². The molecule has 10 heteroatoms. The molecular formula is C10H11F3N2O3S2. The lowest BCUT2D eigenvalue weighted by Crippen LogP contribution is -2.46. The molecule has 0 amide bonds. The maximum absolute atomic E-state index is 13.9. The Kier molecular flexibility index (Phi) is 4.30. The van der Waals surface area contributed by atoms with E-state index in [1.807, 2.05) is 0 Å². The molecule has 1 unspecified atom stereocenters. The number of H-pyrrole nitrogens is 1. The Balaban J connectivity index is 2.54. The number of rotatable bonds is 3. The first-order valence-corrected chi connectivity index (χ1v) is 6.36. The lowest BCUT2D eigenvalue weighted by Gasteiger charge is -2.28. The number of aliphatic hydroxyl groups is 2. The molecule has 4 atom stereocenters. The number of aromatic amines is 1. The third-order valence-electron chi connectivity index (χ3n) is 3.11. The molecule has 1 aromatic heterocycles. The predicted octanol–water partition coefficient (Wildman–Crippen LogP) is 1.34. The molecule has 0 aromatic carbocycles. The van der Waals surface area contributed by atoms with Crippen molar-refractivity contribution in [1.82, 2.24) is 9.55 Å². The highest BCUT2D eigenvalue weighted by atomic mass is 32.1. The number of nitrogens with one attached hydrogen (secondary N) is 1. The summed E-state index contributed by atoms with van der Waals surface area (Å²) in [6, 6.07) is 0. The summed E-state index contributed by atoms with van der Waals surface area (Å²) in [5.41, 5.74) is -2.57. The number of nitrogens with zero attached hydrogens (tertiary/aromatic N) is 1. The molecule has 1 aromatic rings. The van der Waals surface area contributed by atoms with Crippen molar-refractivity contribution in [2.45, 2.75) is 24.1 Å². The molecule has 3 N–H and O–H groups in total. The number of ether oxygens (including phenoxy) is 1. The van der Waals surface area contributed by atoms with Crippen LogP contribution in [0.1, 0.15) is 6.23 Å². The molecule has 2 rings (SSSR count). The van der Waals surface area contributed by atoms with Gasteiger partial charge in [-0.15, -0.1) is 0 Å². The van der Waals surface area contributed by atoms with Gasteiger partial charge in [0, 0.05) is 6.20 Å². The Morgan fingerprint density at radius 2 is 2.15 bits per heavy atom. The summed E-state index contributed by atoms with van der Waals surface area (Å²) in [6.07, 6.45) is -4.45. The number of aromatic nitrogens is 2. The van der Waals surface area contributed by atoms with Crippen LogP contribution in [0.2, 0.25) is 0 Å². The minimum Gasteiger partial charge on any atom is -0.394 e. The summed E-state index contributed by atoms with van der Waals surface area (Å²) in [4.78, 5) is 2.31. The molecule has 0 spiro atoms. The maximum Gasteiger partial charge on any atom is 0.180 e. The lowest BCUT2D eigenvalue weighted by molar-refractivity contribution is -0.112. The van der Waals surface area contributed by atoms with Crippen molar-refractivity contribution in [1.29, 1.82) is 0 Å². The van der Waals surface area contributed by atoms with E-state index >= 15 is 0 Å². The van der Waals surface area contributed by atoms with Crippen LogP contribution in [0.25, 0.3) is 0 Å². The van der Waals surface area contributed by atoms with Crippen LogP contribution in [0.4, 0.5) is 13.2 Å². The van der Waals surface area contributed by atoms with Crippen LogP contribution < -0.4 is 0 Å². The van der Waals surface area contributed by atoms with E-state index in [4.69, 9.17) is 22.1 Å². The molecule has 0 radical (unpaired) electrons. The SMILES string of the molecule is OC[C@H]1O[C@@H](n2cc(F)c(=S)[nH]c2=S)C(O)(CF)[C@H]1F. The van der Waals surface area contributed by atoms with E-state index in [0.717, 1.165) is 10.8 Å². The Bertz CT molecular complexity index is 623. The van der Waals surface area contributed by atoms with E-state index in [2.05, 4.69) is 17.2 Å². The molecule has 1 saturated heterocycles. The van der Waals surface area contributed by atoms with E-state index in [1.54, 1.807) is 0 Å². The highest BCUT2D eigenvalue weighted by Crippen LogP contribution is 2.40. The van der Waals surface area contributed by atoms with Crippen molar-refractivity contribution >= 4 is 24.4 Å². The molecule has 112 valence electrons. The number of alkyl halides is 2. The van der Waals surface area contributed by atoms with Gasteiger partial charge in [-0.25, -0.2) is 13.2 Å². The van der Waals surface area contributed by atoms with Gasteiger partial charge in [-0.05, 0) is 12.2 Å². The molecule has 2 heterocycles. The second-order valence-electron chi connectivity index (χ2n) is 4.38. The van der Waals surface area contributed by atoms with E-state index in [9.17, 15) is 18.3 Å². The van der Waals surface area contributed by atoms with Gasteiger partial charge in [-0.3, -0.25) is 4.57 Å². The van der Waals surface area contributed by atoms with Crippen LogP contribution in [0.15, 0.2) is 6.20 Å². The predicted molar refractivity (Wildman–Crippen MR) is 67.2 cm³/mol. The van der Waals surface area contributed by atoms with E-state index in [1.165, 1.54) is 0 Å².